The molecule has 0 aliphatic carbocycles. The van der Waals surface area contributed by atoms with Gasteiger partial charge in [0.1, 0.15) is 0 Å². The van der Waals surface area contributed by atoms with E-state index in [0.717, 1.165) is 5.57 Å². The molecule has 0 spiro atoms. The van der Waals surface area contributed by atoms with Crippen molar-refractivity contribution in [2.45, 2.75) is 18.7 Å². The molecule has 19 heavy (non-hydrogen) atoms. The molecule has 2 rings (SSSR count). The molecule has 0 radical (unpaired) electrons. The van der Waals surface area contributed by atoms with E-state index in [9.17, 15) is 4.79 Å². The molecule has 1 aliphatic heterocycles. The van der Waals surface area contributed by atoms with E-state index in [2.05, 4.69) is 18.2 Å². The molecule has 0 fully saturated rings. The number of ether oxygens (including phenoxy) is 1. The molecule has 0 saturated heterocycles. The van der Waals surface area contributed by atoms with Gasteiger partial charge >= 0.3 is 119 Å². The summed E-state index contributed by atoms with van der Waals surface area (Å²) in [6.07, 6.45) is 2.12. The van der Waals surface area contributed by atoms with E-state index in [0.29, 0.717) is 11.2 Å². The molecule has 0 bridgehead atoms. The average Bonchev–Trinajstić information content (AvgIpc) is 2.39. The van der Waals surface area contributed by atoms with Crippen LogP contribution < -0.4 is 0 Å². The number of hydrogen-bond acceptors (Lipinski definition) is 3. The molecule has 1 aromatic rings. The van der Waals surface area contributed by atoms with Crippen molar-refractivity contribution in [2.24, 2.45) is 5.92 Å². The number of hydrogen-bond donors (Lipinski definition) is 1. The summed E-state index contributed by atoms with van der Waals surface area (Å²) >= 11 is -0.0295. The van der Waals surface area contributed by atoms with Crippen LogP contribution in [0.4, 0.5) is 0 Å². The van der Waals surface area contributed by atoms with E-state index in [4.69, 9.17) is 10.1 Å². The third kappa shape index (κ3) is 3.14. The minimum atomic E-state index is -0.458. The second kappa shape index (κ2) is 6.18. The second-order valence-electron chi connectivity index (χ2n) is 4.41. The molecule has 1 N–H and O–H groups in total. The Balaban J connectivity index is 2.23. The number of nitrogens with one attached hydrogen (secondary N) is 1. The zero-order valence-electron chi connectivity index (χ0n) is 11.1. The third-order valence-electron chi connectivity index (χ3n) is 3.04. The molecule has 100 valence electrons. The first-order valence-electron chi connectivity index (χ1n) is 6.28. The van der Waals surface area contributed by atoms with Crippen LogP contribution in [0, 0.1) is 11.3 Å². The van der Waals surface area contributed by atoms with Gasteiger partial charge in [-0.05, 0) is 0 Å². The Kier molecular flexibility index (Phi) is 4.56. The van der Waals surface area contributed by atoms with Gasteiger partial charge in [0.25, 0.3) is 0 Å². The number of benzene rings is 1. The Labute approximate surface area is 119 Å². The standard InChI is InChI=1S/C15H17NO2Se/c1-3-18-15(17)13-10(2)9-12(19-14(13)16)11-7-5-4-6-8-11/h4-9,12-13,16H,3H2,1-2H3. The average molecular weight is 322 g/mol. The Hall–Kier alpha value is -1.38. The molecule has 0 aromatic heterocycles. The van der Waals surface area contributed by atoms with E-state index in [1.165, 1.54) is 5.56 Å². The van der Waals surface area contributed by atoms with Crippen LogP contribution in [-0.4, -0.2) is 32.1 Å². The van der Waals surface area contributed by atoms with Crippen LogP contribution >= 0.6 is 0 Å². The van der Waals surface area contributed by atoms with Crippen molar-refractivity contribution in [3.05, 3.63) is 47.5 Å². The van der Waals surface area contributed by atoms with E-state index in [1.54, 1.807) is 6.92 Å². The van der Waals surface area contributed by atoms with Crippen LogP contribution in [0.2, 0.25) is 0 Å². The summed E-state index contributed by atoms with van der Waals surface area (Å²) in [4.78, 5) is 12.1. The van der Waals surface area contributed by atoms with Gasteiger partial charge in [-0.1, -0.05) is 0 Å². The van der Waals surface area contributed by atoms with E-state index >= 15 is 0 Å². The van der Waals surface area contributed by atoms with E-state index < -0.39 is 5.92 Å². The quantitative estimate of drug-likeness (QED) is 0.528. The number of carbonyl (C=O) groups is 1. The fourth-order valence-electron chi connectivity index (χ4n) is 2.11. The Bertz CT molecular complexity index is 510. The summed E-state index contributed by atoms with van der Waals surface area (Å²) in [6, 6.07) is 10.2. The molecular formula is C15H17NO2Se. The number of carbonyl (C=O) groups excluding carboxylic acids is 1. The number of esters is 1. The van der Waals surface area contributed by atoms with Crippen LogP contribution in [0.3, 0.4) is 0 Å². The van der Waals surface area contributed by atoms with Gasteiger partial charge in [0.2, 0.25) is 0 Å². The summed E-state index contributed by atoms with van der Waals surface area (Å²) in [7, 11) is 0. The number of rotatable bonds is 3. The predicted octanol–water partition coefficient (Wildman–Crippen LogP) is 2.55. The fraction of sp³-hybridized carbons (Fsp3) is 0.333. The van der Waals surface area contributed by atoms with Gasteiger partial charge in [-0.25, -0.2) is 0 Å². The van der Waals surface area contributed by atoms with Crippen molar-refractivity contribution in [1.29, 1.82) is 5.41 Å². The van der Waals surface area contributed by atoms with Crippen LogP contribution in [-0.2, 0) is 9.53 Å². The molecule has 2 atom stereocenters. The van der Waals surface area contributed by atoms with Crippen LogP contribution in [0.5, 0.6) is 0 Å². The minimum absolute atomic E-state index is 0.0295. The van der Waals surface area contributed by atoms with Crippen LogP contribution in [0.15, 0.2) is 42.0 Å². The van der Waals surface area contributed by atoms with Crippen molar-refractivity contribution < 1.29 is 9.53 Å². The topological polar surface area (TPSA) is 50.2 Å². The van der Waals surface area contributed by atoms with E-state index in [1.807, 2.05) is 25.1 Å². The summed E-state index contributed by atoms with van der Waals surface area (Å²) in [5, 5.41) is 8.15. The van der Waals surface area contributed by atoms with Crippen molar-refractivity contribution in [2.75, 3.05) is 6.61 Å². The first-order chi connectivity index (χ1) is 9.13. The van der Waals surface area contributed by atoms with E-state index in [-0.39, 0.29) is 25.7 Å². The van der Waals surface area contributed by atoms with Gasteiger partial charge in [0.15, 0.2) is 0 Å². The zero-order valence-corrected chi connectivity index (χ0v) is 12.8. The summed E-state index contributed by atoms with van der Waals surface area (Å²) in [5.41, 5.74) is 2.15. The SMILES string of the molecule is CCOC(=O)C1C(=N)[Se]C(c2ccccc2)C=C1C. The fourth-order valence-corrected chi connectivity index (χ4v) is 4.77. The Morgan fingerprint density at radius 3 is 2.63 bits per heavy atom. The van der Waals surface area contributed by atoms with Gasteiger partial charge in [-0.2, -0.15) is 0 Å². The molecule has 4 heteroatoms. The zero-order chi connectivity index (χ0) is 13.8. The van der Waals surface area contributed by atoms with Gasteiger partial charge < -0.3 is 0 Å². The van der Waals surface area contributed by atoms with Gasteiger partial charge in [-0.3, -0.25) is 0 Å². The Morgan fingerprint density at radius 1 is 1.37 bits per heavy atom. The molecule has 1 heterocycles. The van der Waals surface area contributed by atoms with Gasteiger partial charge in [0, 0.05) is 0 Å². The predicted molar refractivity (Wildman–Crippen MR) is 76.5 cm³/mol. The first kappa shape index (κ1) is 14.0. The molecule has 1 aromatic carbocycles. The Morgan fingerprint density at radius 2 is 2.05 bits per heavy atom. The molecular weight excluding hydrogens is 305 g/mol. The summed E-state index contributed by atoms with van der Waals surface area (Å²) in [5.74, 6) is -0.741. The monoisotopic (exact) mass is 323 g/mol. The summed E-state index contributed by atoms with van der Waals surface area (Å²) in [6.45, 7) is 4.08. The molecule has 0 amide bonds. The third-order valence-corrected chi connectivity index (χ3v) is 5.45. The van der Waals surface area contributed by atoms with Crippen LogP contribution in [0.25, 0.3) is 0 Å². The first-order valence-corrected chi connectivity index (χ1v) is 8.13. The molecule has 1 aliphatic rings. The van der Waals surface area contributed by atoms with Gasteiger partial charge in [-0.15, -0.1) is 0 Å². The summed E-state index contributed by atoms with van der Waals surface area (Å²) < 4.78 is 5.57. The van der Waals surface area contributed by atoms with Crippen molar-refractivity contribution in [3.8, 4) is 0 Å². The van der Waals surface area contributed by atoms with Gasteiger partial charge in [0.05, 0.1) is 0 Å². The molecule has 3 nitrogen and oxygen atoms in total. The second-order valence-corrected chi connectivity index (χ2v) is 6.89. The number of allylic oxidation sites excluding steroid dienone is 1. The van der Waals surface area contributed by atoms with Crippen molar-refractivity contribution >= 4 is 25.5 Å². The maximum absolute atomic E-state index is 11.9. The molecule has 0 saturated carbocycles. The maximum atomic E-state index is 11.9. The van der Waals surface area contributed by atoms with Crippen molar-refractivity contribution in [3.63, 3.8) is 0 Å². The van der Waals surface area contributed by atoms with Crippen LogP contribution in [0.1, 0.15) is 24.2 Å². The normalized spacial score (nSPS) is 22.8. The molecule has 2 unspecified atom stereocenters. The van der Waals surface area contributed by atoms with Crippen molar-refractivity contribution in [1.82, 2.24) is 0 Å².